The van der Waals surface area contributed by atoms with Crippen molar-refractivity contribution in [3.63, 3.8) is 0 Å². The zero-order valence-corrected chi connectivity index (χ0v) is 8.78. The van der Waals surface area contributed by atoms with Gasteiger partial charge < -0.3 is 15.9 Å². The maximum absolute atomic E-state index is 13.1. The number of hydrogen-bond donors (Lipinski definition) is 3. The number of aliphatic hydroxyl groups excluding tert-OH is 2. The molecule has 1 amide bonds. The normalized spacial score (nSPS) is 15.2. The van der Waals surface area contributed by atoms with Gasteiger partial charge in [-0.25, -0.2) is 4.39 Å². The van der Waals surface area contributed by atoms with Gasteiger partial charge >= 0.3 is 6.18 Å². The summed E-state index contributed by atoms with van der Waals surface area (Å²) in [4.78, 5) is 10.6. The third-order valence-corrected chi connectivity index (χ3v) is 2.24. The van der Waals surface area contributed by atoms with Crippen LogP contribution >= 0.6 is 0 Å². The highest BCUT2D eigenvalue weighted by Crippen LogP contribution is 2.37. The highest BCUT2D eigenvalue weighted by atomic mass is 19.4. The molecule has 0 saturated carbocycles. The van der Waals surface area contributed by atoms with E-state index >= 15 is 0 Å². The first kappa shape index (κ1) is 14.4. The van der Waals surface area contributed by atoms with Crippen molar-refractivity contribution in [2.24, 2.45) is 5.73 Å². The Labute approximate surface area is 98.6 Å². The second kappa shape index (κ2) is 4.91. The fourth-order valence-corrected chi connectivity index (χ4v) is 1.41. The predicted octanol–water partition coefficient (Wildman–Crippen LogP) is 0.724. The molecular formula is C10H9F4NO3. The van der Waals surface area contributed by atoms with Crippen LogP contribution in [0.15, 0.2) is 18.2 Å². The maximum Gasteiger partial charge on any atom is 0.419 e. The fourth-order valence-electron chi connectivity index (χ4n) is 1.41. The molecule has 0 fully saturated rings. The van der Waals surface area contributed by atoms with Gasteiger partial charge in [-0.2, -0.15) is 13.2 Å². The van der Waals surface area contributed by atoms with E-state index in [1.165, 1.54) is 0 Å². The van der Waals surface area contributed by atoms with Crippen LogP contribution in [0.4, 0.5) is 17.6 Å². The number of amides is 1. The van der Waals surface area contributed by atoms with Crippen molar-refractivity contribution in [3.05, 3.63) is 35.1 Å². The number of aliphatic hydroxyl groups is 2. The van der Waals surface area contributed by atoms with E-state index < -0.39 is 41.2 Å². The average Bonchev–Trinajstić information content (AvgIpc) is 2.24. The van der Waals surface area contributed by atoms with E-state index in [-0.39, 0.29) is 0 Å². The van der Waals surface area contributed by atoms with Gasteiger partial charge in [0.25, 0.3) is 0 Å². The molecule has 2 atom stereocenters. The number of primary amides is 1. The summed E-state index contributed by atoms with van der Waals surface area (Å²) in [6, 6.07) is 2.22. The number of hydrogen-bond acceptors (Lipinski definition) is 3. The lowest BCUT2D eigenvalue weighted by atomic mass is 9.97. The molecule has 0 spiro atoms. The third kappa shape index (κ3) is 2.77. The number of carbonyl (C=O) groups is 1. The molecule has 8 heteroatoms. The van der Waals surface area contributed by atoms with Crippen LogP contribution in [0.3, 0.4) is 0 Å². The van der Waals surface area contributed by atoms with Gasteiger partial charge in [-0.3, -0.25) is 4.79 Å². The quantitative estimate of drug-likeness (QED) is 0.706. The van der Waals surface area contributed by atoms with Crippen LogP contribution in [0.2, 0.25) is 0 Å². The maximum atomic E-state index is 13.1. The van der Waals surface area contributed by atoms with Crippen LogP contribution in [0.25, 0.3) is 0 Å². The van der Waals surface area contributed by atoms with E-state index in [1.54, 1.807) is 0 Å². The zero-order chi connectivity index (χ0) is 14.1. The van der Waals surface area contributed by atoms with Crippen molar-refractivity contribution < 1.29 is 32.6 Å². The van der Waals surface area contributed by atoms with Gasteiger partial charge in [0.15, 0.2) is 6.10 Å². The van der Waals surface area contributed by atoms with Crippen molar-refractivity contribution in [1.82, 2.24) is 0 Å². The molecule has 2 unspecified atom stereocenters. The van der Waals surface area contributed by atoms with E-state index in [4.69, 9.17) is 5.11 Å². The van der Waals surface area contributed by atoms with Gasteiger partial charge in [0.1, 0.15) is 11.9 Å². The lowest BCUT2D eigenvalue weighted by molar-refractivity contribution is -0.144. The van der Waals surface area contributed by atoms with Crippen molar-refractivity contribution in [1.29, 1.82) is 0 Å². The van der Waals surface area contributed by atoms with Gasteiger partial charge in [-0.1, -0.05) is 12.1 Å². The van der Waals surface area contributed by atoms with Gasteiger partial charge in [0, 0.05) is 0 Å². The molecule has 0 radical (unpaired) electrons. The summed E-state index contributed by atoms with van der Waals surface area (Å²) in [5.74, 6) is -3.03. The van der Waals surface area contributed by atoms with Gasteiger partial charge in [-0.15, -0.1) is 0 Å². The Morgan fingerprint density at radius 3 is 2.28 bits per heavy atom. The number of carbonyl (C=O) groups excluding carboxylic acids is 1. The molecule has 0 aliphatic rings. The molecule has 100 valence electrons. The highest BCUT2D eigenvalue weighted by molar-refractivity contribution is 5.79. The Morgan fingerprint density at radius 1 is 1.28 bits per heavy atom. The summed E-state index contributed by atoms with van der Waals surface area (Å²) in [5, 5.41) is 18.5. The van der Waals surface area contributed by atoms with E-state index in [9.17, 15) is 27.5 Å². The van der Waals surface area contributed by atoms with E-state index in [2.05, 4.69) is 5.73 Å². The minimum atomic E-state index is -5.07. The number of nitrogens with two attached hydrogens (primary N) is 1. The zero-order valence-electron chi connectivity index (χ0n) is 8.78. The summed E-state index contributed by atoms with van der Waals surface area (Å²) < 4.78 is 50.9. The van der Waals surface area contributed by atoms with Crippen LogP contribution in [0, 0.1) is 5.82 Å². The van der Waals surface area contributed by atoms with E-state index in [0.29, 0.717) is 6.07 Å². The lowest BCUT2D eigenvalue weighted by Gasteiger charge is -2.20. The van der Waals surface area contributed by atoms with Crippen molar-refractivity contribution in [2.75, 3.05) is 0 Å². The van der Waals surface area contributed by atoms with Crippen LogP contribution < -0.4 is 5.73 Å². The van der Waals surface area contributed by atoms with Gasteiger partial charge in [0.2, 0.25) is 5.91 Å². The molecule has 18 heavy (non-hydrogen) atoms. The molecule has 4 N–H and O–H groups in total. The smallest absolute Gasteiger partial charge is 0.385 e. The highest BCUT2D eigenvalue weighted by Gasteiger charge is 2.40. The Morgan fingerprint density at radius 2 is 1.83 bits per heavy atom. The lowest BCUT2D eigenvalue weighted by Crippen LogP contribution is -2.35. The fraction of sp³-hybridized carbons (Fsp3) is 0.300. The molecule has 1 rings (SSSR count). The monoisotopic (exact) mass is 267 g/mol. The molecule has 0 aliphatic carbocycles. The molecular weight excluding hydrogens is 258 g/mol. The minimum absolute atomic E-state index is 0.551. The van der Waals surface area contributed by atoms with Gasteiger partial charge in [0.05, 0.1) is 5.56 Å². The van der Waals surface area contributed by atoms with Crippen LogP contribution in [0.5, 0.6) is 0 Å². The van der Waals surface area contributed by atoms with E-state index in [0.717, 1.165) is 12.1 Å². The Kier molecular flexibility index (Phi) is 3.92. The molecule has 0 aromatic heterocycles. The van der Waals surface area contributed by atoms with Crippen LogP contribution in [0.1, 0.15) is 17.2 Å². The summed E-state index contributed by atoms with van der Waals surface area (Å²) in [6.45, 7) is 0. The minimum Gasteiger partial charge on any atom is -0.385 e. The predicted molar refractivity (Wildman–Crippen MR) is 51.6 cm³/mol. The molecule has 0 aliphatic heterocycles. The third-order valence-electron chi connectivity index (χ3n) is 2.24. The Bertz CT molecular complexity index is 461. The molecule has 0 saturated heterocycles. The Hall–Kier alpha value is -1.67. The standard InChI is InChI=1S/C10H9F4NO3/c11-5-3-1-2-4(6(5)10(12,13)14)7(16)8(17)9(15)18/h1-3,7-8,16-17H,(H2,15,18). The molecule has 1 aromatic rings. The molecule has 0 heterocycles. The molecule has 1 aromatic carbocycles. The SMILES string of the molecule is NC(=O)C(O)C(O)c1cccc(F)c1C(F)(F)F. The Balaban J connectivity index is 3.33. The largest absolute Gasteiger partial charge is 0.419 e. The molecule has 0 bridgehead atoms. The first-order chi connectivity index (χ1) is 8.16. The van der Waals surface area contributed by atoms with E-state index in [1.807, 2.05) is 0 Å². The van der Waals surface area contributed by atoms with Crippen LogP contribution in [-0.2, 0) is 11.0 Å². The van der Waals surface area contributed by atoms with Gasteiger partial charge in [-0.05, 0) is 11.6 Å². The van der Waals surface area contributed by atoms with Crippen molar-refractivity contribution in [3.8, 4) is 0 Å². The second-order valence-corrected chi connectivity index (χ2v) is 3.49. The number of halogens is 4. The molecule has 4 nitrogen and oxygen atoms in total. The number of rotatable bonds is 3. The number of alkyl halides is 3. The first-order valence-corrected chi connectivity index (χ1v) is 4.67. The van der Waals surface area contributed by atoms with Crippen molar-refractivity contribution >= 4 is 5.91 Å². The average molecular weight is 267 g/mol. The first-order valence-electron chi connectivity index (χ1n) is 4.67. The van der Waals surface area contributed by atoms with Crippen LogP contribution in [-0.4, -0.2) is 22.2 Å². The summed E-state index contributed by atoms with van der Waals surface area (Å²) in [6.07, 6.45) is -9.58. The summed E-state index contributed by atoms with van der Waals surface area (Å²) in [7, 11) is 0. The topological polar surface area (TPSA) is 83.6 Å². The van der Waals surface area contributed by atoms with Crippen molar-refractivity contribution in [2.45, 2.75) is 18.4 Å². The number of benzene rings is 1. The summed E-state index contributed by atoms with van der Waals surface area (Å²) in [5.41, 5.74) is 1.96. The second-order valence-electron chi connectivity index (χ2n) is 3.49. The summed E-state index contributed by atoms with van der Waals surface area (Å²) >= 11 is 0.